The number of carbonyl (C=O) groups is 3. The number of benzene rings is 3. The molecule has 3 N–H and O–H groups in total. The van der Waals surface area contributed by atoms with E-state index < -0.39 is 30.1 Å². The topological polar surface area (TPSA) is 105 Å². The van der Waals surface area contributed by atoms with Crippen molar-refractivity contribution in [3.8, 4) is 0 Å². The molecule has 3 aromatic rings. The van der Waals surface area contributed by atoms with E-state index in [-0.39, 0.29) is 18.9 Å². The molecule has 2 atom stereocenters. The normalized spacial score (nSPS) is 12.7. The van der Waals surface area contributed by atoms with Crippen LogP contribution in [0.5, 0.6) is 0 Å². The van der Waals surface area contributed by atoms with Crippen molar-refractivity contribution in [2.75, 3.05) is 0 Å². The van der Waals surface area contributed by atoms with Crippen LogP contribution in [-0.4, -0.2) is 35.2 Å². The lowest BCUT2D eigenvalue weighted by molar-refractivity contribution is -0.142. The van der Waals surface area contributed by atoms with Crippen molar-refractivity contribution >= 4 is 28.7 Å². The average Bonchev–Trinajstić information content (AvgIpc) is 2.82. The Kier molecular flexibility index (Phi) is 8.62. The molecule has 7 heteroatoms. The first kappa shape index (κ1) is 24.8. The van der Waals surface area contributed by atoms with Gasteiger partial charge in [-0.3, -0.25) is 4.79 Å². The van der Waals surface area contributed by atoms with Crippen LogP contribution in [0.15, 0.2) is 72.8 Å². The highest BCUT2D eigenvalue weighted by atomic mass is 16.5. The number of amides is 2. The van der Waals surface area contributed by atoms with Gasteiger partial charge in [0.15, 0.2) is 0 Å². The molecule has 0 spiro atoms. The molecule has 0 aliphatic carbocycles. The van der Waals surface area contributed by atoms with E-state index in [1.54, 1.807) is 0 Å². The quantitative estimate of drug-likeness (QED) is 0.417. The van der Waals surface area contributed by atoms with Gasteiger partial charge in [0.05, 0.1) is 0 Å². The van der Waals surface area contributed by atoms with Crippen molar-refractivity contribution in [3.63, 3.8) is 0 Å². The Hall–Kier alpha value is -3.87. The second-order valence-electron chi connectivity index (χ2n) is 8.63. The van der Waals surface area contributed by atoms with Gasteiger partial charge in [-0.15, -0.1) is 0 Å². The highest BCUT2D eigenvalue weighted by Crippen LogP contribution is 2.20. The lowest BCUT2D eigenvalue weighted by Gasteiger charge is -2.23. The zero-order chi connectivity index (χ0) is 24.5. The summed E-state index contributed by atoms with van der Waals surface area (Å²) in [4.78, 5) is 37.3. The van der Waals surface area contributed by atoms with Crippen molar-refractivity contribution in [2.45, 2.75) is 45.4 Å². The lowest BCUT2D eigenvalue weighted by Crippen LogP contribution is -2.52. The van der Waals surface area contributed by atoms with Gasteiger partial charge in [-0.1, -0.05) is 86.6 Å². The third-order valence-corrected chi connectivity index (χ3v) is 5.45. The minimum absolute atomic E-state index is 0.0710. The predicted molar refractivity (Wildman–Crippen MR) is 130 cm³/mol. The van der Waals surface area contributed by atoms with Gasteiger partial charge in [-0.25, -0.2) is 9.59 Å². The average molecular weight is 463 g/mol. The van der Waals surface area contributed by atoms with E-state index in [4.69, 9.17) is 4.74 Å². The molecule has 0 saturated carbocycles. The third kappa shape index (κ3) is 7.07. The number of carboxylic acids is 1. The predicted octanol–water partition coefficient (Wildman–Crippen LogP) is 4.29. The van der Waals surface area contributed by atoms with Crippen molar-refractivity contribution in [1.29, 1.82) is 0 Å². The first-order valence-corrected chi connectivity index (χ1v) is 11.3. The van der Waals surface area contributed by atoms with E-state index in [1.165, 1.54) is 0 Å². The Morgan fingerprint density at radius 1 is 0.853 bits per heavy atom. The number of hydrogen-bond donors (Lipinski definition) is 3. The number of fused-ring (bicyclic) bond motifs is 1. The maximum absolute atomic E-state index is 13.0. The Bertz CT molecular complexity index is 1120. The second-order valence-corrected chi connectivity index (χ2v) is 8.63. The molecule has 2 amide bonds. The Morgan fingerprint density at radius 3 is 2.24 bits per heavy atom. The Labute approximate surface area is 199 Å². The summed E-state index contributed by atoms with van der Waals surface area (Å²) in [7, 11) is 0. The van der Waals surface area contributed by atoms with Gasteiger partial charge in [0.25, 0.3) is 0 Å². The van der Waals surface area contributed by atoms with E-state index in [1.807, 2.05) is 86.6 Å². The summed E-state index contributed by atoms with van der Waals surface area (Å²) in [5.41, 5.74) is 1.64. The Morgan fingerprint density at radius 2 is 1.53 bits per heavy atom. The minimum Gasteiger partial charge on any atom is -0.480 e. The lowest BCUT2D eigenvalue weighted by atomic mass is 9.98. The molecule has 0 aliphatic heterocycles. The molecule has 0 heterocycles. The molecule has 0 aliphatic rings. The highest BCUT2D eigenvalue weighted by Gasteiger charge is 2.28. The molecule has 0 bridgehead atoms. The van der Waals surface area contributed by atoms with Crippen molar-refractivity contribution in [2.24, 2.45) is 5.92 Å². The number of hydrogen-bond acceptors (Lipinski definition) is 4. The molecule has 3 aromatic carbocycles. The molecule has 7 nitrogen and oxygen atoms in total. The molecule has 0 fully saturated rings. The van der Waals surface area contributed by atoms with Crippen LogP contribution in [0.3, 0.4) is 0 Å². The van der Waals surface area contributed by atoms with Crippen LogP contribution >= 0.6 is 0 Å². The van der Waals surface area contributed by atoms with Crippen molar-refractivity contribution in [3.05, 3.63) is 83.9 Å². The van der Waals surface area contributed by atoms with E-state index in [0.29, 0.717) is 6.42 Å². The van der Waals surface area contributed by atoms with Gasteiger partial charge < -0.3 is 20.5 Å². The smallest absolute Gasteiger partial charge is 0.408 e. The SMILES string of the molecule is CC(C)C[C@H](NC(=O)OCc1ccccc1)C(=O)N[C@@H](Cc1cccc2ccccc12)C(=O)O. The first-order valence-electron chi connectivity index (χ1n) is 11.3. The van der Waals surface area contributed by atoms with Crippen LogP contribution in [0, 0.1) is 5.92 Å². The summed E-state index contributed by atoms with van der Waals surface area (Å²) in [5.74, 6) is -1.61. The van der Waals surface area contributed by atoms with E-state index in [2.05, 4.69) is 10.6 Å². The van der Waals surface area contributed by atoms with Gasteiger partial charge >= 0.3 is 12.1 Å². The minimum atomic E-state index is -1.14. The molecule has 0 saturated heterocycles. The van der Waals surface area contributed by atoms with E-state index in [0.717, 1.165) is 21.9 Å². The highest BCUT2D eigenvalue weighted by molar-refractivity contribution is 5.90. The first-order chi connectivity index (χ1) is 16.3. The maximum atomic E-state index is 13.0. The van der Waals surface area contributed by atoms with Crippen LogP contribution in [0.1, 0.15) is 31.4 Å². The fraction of sp³-hybridized carbons (Fsp3) is 0.296. The van der Waals surface area contributed by atoms with Crippen LogP contribution in [-0.2, 0) is 27.4 Å². The van der Waals surface area contributed by atoms with Crippen molar-refractivity contribution < 1.29 is 24.2 Å². The fourth-order valence-electron chi connectivity index (χ4n) is 3.77. The molecule has 34 heavy (non-hydrogen) atoms. The van der Waals surface area contributed by atoms with Crippen LogP contribution in [0.25, 0.3) is 10.8 Å². The van der Waals surface area contributed by atoms with Gasteiger partial charge in [0.1, 0.15) is 18.7 Å². The number of ether oxygens (including phenoxy) is 1. The zero-order valence-electron chi connectivity index (χ0n) is 19.4. The summed E-state index contributed by atoms with van der Waals surface area (Å²) >= 11 is 0. The standard InChI is InChI=1S/C27H30N2O5/c1-18(2)15-23(29-27(33)34-17-19-9-4-3-5-10-19)25(30)28-24(26(31)32)16-21-13-8-12-20-11-6-7-14-22(20)21/h3-14,18,23-24H,15-17H2,1-2H3,(H,28,30)(H,29,33)(H,31,32)/t23-,24-/m0/s1. The fourth-order valence-corrected chi connectivity index (χ4v) is 3.77. The number of nitrogens with one attached hydrogen (secondary N) is 2. The Balaban J connectivity index is 1.67. The molecular formula is C27H30N2O5. The zero-order valence-corrected chi connectivity index (χ0v) is 19.4. The van der Waals surface area contributed by atoms with Crippen LogP contribution < -0.4 is 10.6 Å². The number of carboxylic acid groups (broad SMARTS) is 1. The maximum Gasteiger partial charge on any atom is 0.408 e. The number of alkyl carbamates (subject to hydrolysis) is 1. The van der Waals surface area contributed by atoms with Crippen LogP contribution in [0.4, 0.5) is 4.79 Å². The third-order valence-electron chi connectivity index (χ3n) is 5.45. The van der Waals surface area contributed by atoms with Gasteiger partial charge in [0.2, 0.25) is 5.91 Å². The molecule has 3 rings (SSSR count). The molecule has 0 radical (unpaired) electrons. The number of carbonyl (C=O) groups excluding carboxylic acids is 2. The van der Waals surface area contributed by atoms with E-state index >= 15 is 0 Å². The summed E-state index contributed by atoms with van der Waals surface area (Å²) in [5, 5.41) is 16.9. The van der Waals surface area contributed by atoms with E-state index in [9.17, 15) is 19.5 Å². The molecule has 0 unspecified atom stereocenters. The summed E-state index contributed by atoms with van der Waals surface area (Å²) < 4.78 is 5.24. The molecule has 0 aromatic heterocycles. The molecule has 178 valence electrons. The van der Waals surface area contributed by atoms with Gasteiger partial charge in [-0.05, 0) is 34.2 Å². The molecular weight excluding hydrogens is 432 g/mol. The second kappa shape index (κ2) is 11.8. The summed E-state index contributed by atoms with van der Waals surface area (Å²) in [6.45, 7) is 3.91. The summed E-state index contributed by atoms with van der Waals surface area (Å²) in [6, 6.07) is 20.5. The van der Waals surface area contributed by atoms with Crippen LogP contribution in [0.2, 0.25) is 0 Å². The number of aliphatic carboxylic acids is 1. The number of rotatable bonds is 10. The van der Waals surface area contributed by atoms with Gasteiger partial charge in [0, 0.05) is 6.42 Å². The van der Waals surface area contributed by atoms with Gasteiger partial charge in [-0.2, -0.15) is 0 Å². The van der Waals surface area contributed by atoms with Crippen molar-refractivity contribution in [1.82, 2.24) is 10.6 Å². The summed E-state index contributed by atoms with van der Waals surface area (Å²) in [6.07, 6.45) is -0.270. The largest absolute Gasteiger partial charge is 0.480 e. The monoisotopic (exact) mass is 462 g/mol.